The molecule has 2 heterocycles. The first-order chi connectivity index (χ1) is 11.8. The van der Waals surface area contributed by atoms with Gasteiger partial charge in [-0.2, -0.15) is 0 Å². The van der Waals surface area contributed by atoms with Crippen LogP contribution in [0.15, 0.2) is 54.6 Å². The molecule has 0 atom stereocenters. The Bertz CT molecular complexity index is 879. The van der Waals surface area contributed by atoms with Gasteiger partial charge in [0.25, 0.3) is 5.91 Å². The molecule has 1 aliphatic heterocycles. The quantitative estimate of drug-likeness (QED) is 0.716. The van der Waals surface area contributed by atoms with Crippen molar-refractivity contribution >= 4 is 16.8 Å². The zero-order valence-corrected chi connectivity index (χ0v) is 14.0. The molecule has 0 radical (unpaired) electrons. The van der Waals surface area contributed by atoms with Crippen molar-refractivity contribution < 1.29 is 4.79 Å². The predicted molar refractivity (Wildman–Crippen MR) is 97.4 cm³/mol. The topological polar surface area (TPSA) is 25.2 Å². The molecule has 0 aliphatic carbocycles. The second kappa shape index (κ2) is 6.16. The largest absolute Gasteiger partial charge is 0.340 e. The van der Waals surface area contributed by atoms with Crippen LogP contribution < -0.4 is 0 Å². The van der Waals surface area contributed by atoms with Gasteiger partial charge in [-0.25, -0.2) is 0 Å². The average molecular weight is 318 g/mol. The molecule has 3 nitrogen and oxygen atoms in total. The number of benzene rings is 2. The van der Waals surface area contributed by atoms with Crippen molar-refractivity contribution in [2.24, 2.45) is 0 Å². The molecule has 4 rings (SSSR count). The molecular weight excluding hydrogens is 296 g/mol. The molecule has 0 N–H and O–H groups in total. The number of fused-ring (bicyclic) bond motifs is 3. The molecule has 0 bridgehead atoms. The molecule has 1 aliphatic rings. The molecule has 0 unspecified atom stereocenters. The second-order valence-electron chi connectivity index (χ2n) is 6.56. The Morgan fingerprint density at radius 3 is 2.58 bits per heavy atom. The smallest absolute Gasteiger partial charge is 0.270 e. The fourth-order valence-electron chi connectivity index (χ4n) is 3.75. The van der Waals surface area contributed by atoms with Crippen molar-refractivity contribution in [2.75, 3.05) is 13.6 Å². The average Bonchev–Trinajstić information content (AvgIpc) is 2.94. The lowest BCUT2D eigenvalue weighted by atomic mass is 10.0. The van der Waals surface area contributed by atoms with Gasteiger partial charge in [0.05, 0.1) is 0 Å². The normalized spacial score (nSPS) is 14.2. The minimum Gasteiger partial charge on any atom is -0.340 e. The van der Waals surface area contributed by atoms with Gasteiger partial charge in [-0.15, -0.1) is 0 Å². The predicted octanol–water partition coefficient (Wildman–Crippen LogP) is 3.90. The zero-order valence-electron chi connectivity index (χ0n) is 14.0. The Balaban J connectivity index is 1.68. The Labute approximate surface area is 142 Å². The molecule has 1 amide bonds. The number of amides is 1. The van der Waals surface area contributed by atoms with Crippen LogP contribution in [0.4, 0.5) is 0 Å². The number of rotatable bonds is 4. The first-order valence-electron chi connectivity index (χ1n) is 8.65. The molecule has 0 fully saturated rings. The maximum atomic E-state index is 12.7. The van der Waals surface area contributed by atoms with Crippen LogP contribution in [0.1, 0.15) is 28.0 Å². The van der Waals surface area contributed by atoms with Gasteiger partial charge in [0.1, 0.15) is 5.69 Å². The standard InChI is InChI=1S/C21H22N2O/c1-22-15-13-18-17-11-5-6-12-19(17)23(20(18)21(22)24)14-7-10-16-8-3-2-4-9-16/h2-6,8-9,11-12H,7,10,13-15H2,1H3. The molecule has 2 aromatic carbocycles. The van der Waals surface area contributed by atoms with E-state index < -0.39 is 0 Å². The van der Waals surface area contributed by atoms with Crippen LogP contribution in [-0.2, 0) is 19.4 Å². The summed E-state index contributed by atoms with van der Waals surface area (Å²) in [5, 5.41) is 1.24. The van der Waals surface area contributed by atoms with Gasteiger partial charge in [-0.3, -0.25) is 4.79 Å². The maximum Gasteiger partial charge on any atom is 0.270 e. The molecule has 3 aromatic rings. The van der Waals surface area contributed by atoms with Gasteiger partial charge in [-0.1, -0.05) is 48.5 Å². The van der Waals surface area contributed by atoms with Crippen LogP contribution in [0.3, 0.4) is 0 Å². The molecule has 0 saturated carbocycles. The minimum absolute atomic E-state index is 0.159. The highest BCUT2D eigenvalue weighted by Gasteiger charge is 2.28. The molecule has 0 spiro atoms. The van der Waals surface area contributed by atoms with E-state index in [0.717, 1.165) is 38.0 Å². The van der Waals surface area contributed by atoms with Crippen molar-refractivity contribution in [3.05, 3.63) is 71.4 Å². The summed E-state index contributed by atoms with van der Waals surface area (Å²) in [4.78, 5) is 14.6. The third kappa shape index (κ3) is 2.50. The van der Waals surface area contributed by atoms with Gasteiger partial charge >= 0.3 is 0 Å². The van der Waals surface area contributed by atoms with Gasteiger partial charge in [-0.05, 0) is 36.5 Å². The van der Waals surface area contributed by atoms with Crippen molar-refractivity contribution in [2.45, 2.75) is 25.8 Å². The number of aromatic nitrogens is 1. The fourth-order valence-corrected chi connectivity index (χ4v) is 3.75. The van der Waals surface area contributed by atoms with Crippen LogP contribution >= 0.6 is 0 Å². The monoisotopic (exact) mass is 318 g/mol. The van der Waals surface area contributed by atoms with Gasteiger partial charge in [0.2, 0.25) is 0 Å². The first kappa shape index (κ1) is 15.0. The highest BCUT2D eigenvalue weighted by molar-refractivity contribution is 6.02. The Morgan fingerprint density at radius 1 is 1.00 bits per heavy atom. The van der Waals surface area contributed by atoms with E-state index >= 15 is 0 Å². The van der Waals surface area contributed by atoms with E-state index in [0.29, 0.717) is 0 Å². The Hall–Kier alpha value is -2.55. The molecule has 0 saturated heterocycles. The number of nitrogens with zero attached hydrogens (tertiary/aromatic N) is 2. The summed E-state index contributed by atoms with van der Waals surface area (Å²) in [6.45, 7) is 1.69. The van der Waals surface area contributed by atoms with Crippen molar-refractivity contribution in [1.29, 1.82) is 0 Å². The van der Waals surface area contributed by atoms with E-state index in [1.807, 2.05) is 18.0 Å². The van der Waals surface area contributed by atoms with E-state index in [2.05, 4.69) is 53.1 Å². The van der Waals surface area contributed by atoms with Crippen LogP contribution in [0.25, 0.3) is 10.9 Å². The van der Waals surface area contributed by atoms with Crippen molar-refractivity contribution in [3.8, 4) is 0 Å². The van der Waals surface area contributed by atoms with Crippen LogP contribution in [-0.4, -0.2) is 29.0 Å². The summed E-state index contributed by atoms with van der Waals surface area (Å²) in [6, 6.07) is 19.0. The molecule has 122 valence electrons. The highest BCUT2D eigenvalue weighted by Crippen LogP contribution is 2.30. The van der Waals surface area contributed by atoms with Gasteiger partial charge in [0.15, 0.2) is 0 Å². The molecule has 24 heavy (non-hydrogen) atoms. The van der Waals surface area contributed by atoms with Crippen molar-refractivity contribution in [3.63, 3.8) is 0 Å². The lowest BCUT2D eigenvalue weighted by Gasteiger charge is -2.24. The fraction of sp³-hybridized carbons (Fsp3) is 0.286. The Morgan fingerprint density at radius 2 is 1.75 bits per heavy atom. The molecular formula is C21H22N2O. The third-order valence-corrected chi connectivity index (χ3v) is 5.01. The first-order valence-corrected chi connectivity index (χ1v) is 8.65. The summed E-state index contributed by atoms with van der Waals surface area (Å²) in [6.07, 6.45) is 3.02. The minimum atomic E-state index is 0.159. The summed E-state index contributed by atoms with van der Waals surface area (Å²) < 4.78 is 2.24. The summed E-state index contributed by atoms with van der Waals surface area (Å²) in [5.41, 5.74) is 4.68. The van der Waals surface area contributed by atoms with Crippen LogP contribution in [0.2, 0.25) is 0 Å². The number of carbonyl (C=O) groups is 1. The maximum absolute atomic E-state index is 12.7. The lowest BCUT2D eigenvalue weighted by Crippen LogP contribution is -2.35. The Kier molecular flexibility index (Phi) is 3.85. The summed E-state index contributed by atoms with van der Waals surface area (Å²) in [7, 11) is 1.90. The van der Waals surface area contributed by atoms with Gasteiger partial charge in [0, 0.05) is 31.0 Å². The van der Waals surface area contributed by atoms with Crippen LogP contribution in [0, 0.1) is 0 Å². The number of hydrogen-bond donors (Lipinski definition) is 0. The number of hydrogen-bond acceptors (Lipinski definition) is 1. The summed E-state index contributed by atoms with van der Waals surface area (Å²) >= 11 is 0. The van der Waals surface area contributed by atoms with Gasteiger partial charge < -0.3 is 9.47 Å². The van der Waals surface area contributed by atoms with E-state index in [1.165, 1.54) is 22.0 Å². The second-order valence-corrected chi connectivity index (χ2v) is 6.56. The number of carbonyl (C=O) groups excluding carboxylic acids is 1. The molecule has 1 aromatic heterocycles. The van der Waals surface area contributed by atoms with E-state index in [9.17, 15) is 4.79 Å². The SMILES string of the molecule is CN1CCc2c(n(CCCc3ccccc3)c3ccccc23)C1=O. The van der Waals surface area contributed by atoms with E-state index in [1.54, 1.807) is 0 Å². The van der Waals surface area contributed by atoms with Crippen LogP contribution in [0.5, 0.6) is 0 Å². The molecule has 3 heteroatoms. The number of aryl methyl sites for hydroxylation is 2. The number of likely N-dealkylation sites (N-methyl/N-ethyl adjacent to an activating group) is 1. The third-order valence-electron chi connectivity index (χ3n) is 5.01. The summed E-state index contributed by atoms with van der Waals surface area (Å²) in [5.74, 6) is 0.159. The zero-order chi connectivity index (χ0) is 16.5. The lowest BCUT2D eigenvalue weighted by molar-refractivity contribution is 0.0770. The van der Waals surface area contributed by atoms with E-state index in [4.69, 9.17) is 0 Å². The van der Waals surface area contributed by atoms with E-state index in [-0.39, 0.29) is 5.91 Å². The van der Waals surface area contributed by atoms with Crippen molar-refractivity contribution in [1.82, 2.24) is 9.47 Å². The highest BCUT2D eigenvalue weighted by atomic mass is 16.2. The number of para-hydroxylation sites is 1.